The molecule has 20 heavy (non-hydrogen) atoms. The predicted molar refractivity (Wildman–Crippen MR) is 72.1 cm³/mol. The first kappa shape index (κ1) is 14.0. The molecule has 0 aliphatic rings. The second-order valence-corrected chi connectivity index (χ2v) is 4.21. The van der Waals surface area contributed by atoms with Crippen molar-refractivity contribution in [2.75, 3.05) is 5.32 Å². The van der Waals surface area contributed by atoms with Crippen LogP contribution in [0.5, 0.6) is 0 Å². The average Bonchev–Trinajstić information content (AvgIpc) is 2.39. The number of halogens is 2. The van der Waals surface area contributed by atoms with Gasteiger partial charge in [-0.05, 0) is 30.3 Å². The van der Waals surface area contributed by atoms with Gasteiger partial charge in [-0.15, -0.1) is 0 Å². The van der Waals surface area contributed by atoms with Crippen LogP contribution in [0.25, 0.3) is 0 Å². The number of aromatic nitrogens is 1. The zero-order valence-electron chi connectivity index (χ0n) is 10.1. The van der Waals surface area contributed by atoms with Gasteiger partial charge in [0.25, 0.3) is 5.91 Å². The van der Waals surface area contributed by atoms with Crippen LogP contribution in [-0.4, -0.2) is 16.9 Å². The predicted octanol–water partition coefficient (Wildman–Crippen LogP) is 2.84. The molecule has 0 fully saturated rings. The van der Waals surface area contributed by atoms with Crippen molar-refractivity contribution in [1.29, 1.82) is 0 Å². The highest BCUT2D eigenvalue weighted by Crippen LogP contribution is 2.14. The Balaban J connectivity index is 2.02. The van der Waals surface area contributed by atoms with Gasteiger partial charge in [-0.1, -0.05) is 11.6 Å². The molecule has 0 saturated carbocycles. The molecule has 2 rings (SSSR count). The molecule has 1 aromatic carbocycles. The van der Waals surface area contributed by atoms with Crippen molar-refractivity contribution in [3.63, 3.8) is 0 Å². The lowest BCUT2D eigenvalue weighted by molar-refractivity contribution is 0.0963. The summed E-state index contributed by atoms with van der Waals surface area (Å²) in [7, 11) is 0. The molecule has 102 valence electrons. The van der Waals surface area contributed by atoms with Gasteiger partial charge in [0.1, 0.15) is 5.82 Å². The number of rotatable bonds is 2. The van der Waals surface area contributed by atoms with Crippen molar-refractivity contribution in [2.45, 2.75) is 0 Å². The minimum absolute atomic E-state index is 0.166. The molecule has 0 aliphatic carbocycles. The minimum atomic E-state index is -0.861. The molecule has 0 saturated heterocycles. The van der Waals surface area contributed by atoms with E-state index in [0.717, 1.165) is 6.07 Å². The van der Waals surface area contributed by atoms with E-state index in [1.165, 1.54) is 24.5 Å². The lowest BCUT2D eigenvalue weighted by Crippen LogP contribution is -2.34. The van der Waals surface area contributed by atoms with Crippen molar-refractivity contribution in [1.82, 2.24) is 10.3 Å². The molecule has 0 atom stereocenters. The fourth-order valence-electron chi connectivity index (χ4n) is 1.44. The summed E-state index contributed by atoms with van der Waals surface area (Å²) >= 11 is 5.58. The molecule has 1 aromatic heterocycles. The number of amides is 3. The molecule has 0 radical (unpaired) electrons. The van der Waals surface area contributed by atoms with Crippen molar-refractivity contribution in [2.24, 2.45) is 0 Å². The van der Waals surface area contributed by atoms with Crippen molar-refractivity contribution >= 4 is 29.2 Å². The van der Waals surface area contributed by atoms with Crippen molar-refractivity contribution < 1.29 is 14.0 Å². The summed E-state index contributed by atoms with van der Waals surface area (Å²) in [4.78, 5) is 27.1. The minimum Gasteiger partial charge on any atom is -0.306 e. The number of nitrogens with one attached hydrogen (secondary N) is 2. The first-order chi connectivity index (χ1) is 9.56. The summed E-state index contributed by atoms with van der Waals surface area (Å²) in [5.74, 6) is -1.66. The van der Waals surface area contributed by atoms with Gasteiger partial charge in [-0.25, -0.2) is 9.18 Å². The van der Waals surface area contributed by atoms with E-state index < -0.39 is 17.8 Å². The van der Waals surface area contributed by atoms with Gasteiger partial charge < -0.3 is 5.32 Å². The molecule has 1 heterocycles. The van der Waals surface area contributed by atoms with Gasteiger partial charge in [0.15, 0.2) is 0 Å². The standard InChI is InChI=1S/C13H9ClFN3O2/c14-8-3-4-10(11(15)6-8)12(19)18-13(20)17-9-2-1-5-16-7-9/h1-7H,(H2,17,18,19,20). The summed E-state index contributed by atoms with van der Waals surface area (Å²) in [6, 6.07) is 5.99. The Morgan fingerprint density at radius 2 is 2.05 bits per heavy atom. The first-order valence-electron chi connectivity index (χ1n) is 5.53. The Hall–Kier alpha value is -2.47. The van der Waals surface area contributed by atoms with E-state index in [1.807, 2.05) is 5.32 Å². The molecule has 2 aromatic rings. The lowest BCUT2D eigenvalue weighted by Gasteiger charge is -2.07. The van der Waals surface area contributed by atoms with Crippen LogP contribution in [0.15, 0.2) is 42.7 Å². The summed E-state index contributed by atoms with van der Waals surface area (Å²) in [6.45, 7) is 0. The Kier molecular flexibility index (Phi) is 4.27. The fraction of sp³-hybridized carbons (Fsp3) is 0. The molecule has 7 heteroatoms. The normalized spacial score (nSPS) is 9.90. The van der Waals surface area contributed by atoms with Crippen LogP contribution in [0.3, 0.4) is 0 Å². The molecule has 3 amide bonds. The van der Waals surface area contributed by atoms with E-state index >= 15 is 0 Å². The number of benzene rings is 1. The van der Waals surface area contributed by atoms with Crippen LogP contribution < -0.4 is 10.6 Å². The highest BCUT2D eigenvalue weighted by molar-refractivity contribution is 6.30. The number of hydrogen-bond acceptors (Lipinski definition) is 3. The Labute approximate surface area is 118 Å². The van der Waals surface area contributed by atoms with Crippen LogP contribution in [-0.2, 0) is 0 Å². The Morgan fingerprint density at radius 1 is 1.25 bits per heavy atom. The average molecular weight is 294 g/mol. The summed E-state index contributed by atoms with van der Waals surface area (Å²) in [6.07, 6.45) is 2.95. The summed E-state index contributed by atoms with van der Waals surface area (Å²) < 4.78 is 13.5. The topological polar surface area (TPSA) is 71.1 Å². The molecule has 2 N–H and O–H groups in total. The van der Waals surface area contributed by atoms with Crippen LogP contribution in [0.1, 0.15) is 10.4 Å². The molecule has 0 aliphatic heterocycles. The lowest BCUT2D eigenvalue weighted by atomic mass is 10.2. The number of carbonyl (C=O) groups is 2. The van der Waals surface area contributed by atoms with Gasteiger partial charge in [0.05, 0.1) is 17.4 Å². The number of imide groups is 1. The largest absolute Gasteiger partial charge is 0.326 e. The second-order valence-electron chi connectivity index (χ2n) is 3.77. The maximum absolute atomic E-state index is 13.5. The van der Waals surface area contributed by atoms with Crippen LogP contribution in [0, 0.1) is 5.82 Å². The zero-order chi connectivity index (χ0) is 14.5. The van der Waals surface area contributed by atoms with E-state index in [1.54, 1.807) is 12.1 Å². The van der Waals surface area contributed by atoms with Gasteiger partial charge in [0, 0.05) is 11.2 Å². The van der Waals surface area contributed by atoms with Gasteiger partial charge in [-0.2, -0.15) is 0 Å². The number of carbonyl (C=O) groups excluding carboxylic acids is 2. The zero-order valence-corrected chi connectivity index (χ0v) is 10.8. The third kappa shape index (κ3) is 3.52. The van der Waals surface area contributed by atoms with E-state index in [0.29, 0.717) is 5.69 Å². The number of nitrogens with zero attached hydrogens (tertiary/aromatic N) is 1. The SMILES string of the molecule is O=C(NC(=O)c1ccc(Cl)cc1F)Nc1cccnc1. The maximum atomic E-state index is 13.5. The highest BCUT2D eigenvalue weighted by atomic mass is 35.5. The quantitative estimate of drug-likeness (QED) is 0.894. The first-order valence-corrected chi connectivity index (χ1v) is 5.91. The molecular weight excluding hydrogens is 285 g/mol. The number of urea groups is 1. The number of anilines is 1. The molecular formula is C13H9ClFN3O2. The van der Waals surface area contributed by atoms with E-state index in [2.05, 4.69) is 10.3 Å². The Bertz CT molecular complexity index is 649. The van der Waals surface area contributed by atoms with E-state index in [-0.39, 0.29) is 10.6 Å². The van der Waals surface area contributed by atoms with Crippen LogP contribution >= 0.6 is 11.6 Å². The second kappa shape index (κ2) is 6.12. The Morgan fingerprint density at radius 3 is 2.70 bits per heavy atom. The summed E-state index contributed by atoms with van der Waals surface area (Å²) in [5, 5.41) is 4.56. The van der Waals surface area contributed by atoms with Gasteiger partial charge in [-0.3, -0.25) is 15.1 Å². The smallest absolute Gasteiger partial charge is 0.306 e. The van der Waals surface area contributed by atoms with Gasteiger partial charge >= 0.3 is 6.03 Å². The maximum Gasteiger partial charge on any atom is 0.326 e. The monoisotopic (exact) mass is 293 g/mol. The summed E-state index contributed by atoms with van der Waals surface area (Å²) in [5.41, 5.74) is 0.144. The van der Waals surface area contributed by atoms with Crippen LogP contribution in [0.4, 0.5) is 14.9 Å². The van der Waals surface area contributed by atoms with E-state index in [9.17, 15) is 14.0 Å². The van der Waals surface area contributed by atoms with Crippen molar-refractivity contribution in [3.8, 4) is 0 Å². The molecule has 0 unspecified atom stereocenters. The molecule has 5 nitrogen and oxygen atoms in total. The third-order valence-corrected chi connectivity index (χ3v) is 2.56. The van der Waals surface area contributed by atoms with E-state index in [4.69, 9.17) is 11.6 Å². The van der Waals surface area contributed by atoms with Crippen molar-refractivity contribution in [3.05, 3.63) is 59.1 Å². The number of hydrogen-bond donors (Lipinski definition) is 2. The highest BCUT2D eigenvalue weighted by Gasteiger charge is 2.14. The van der Waals surface area contributed by atoms with Crippen LogP contribution in [0.2, 0.25) is 5.02 Å². The third-order valence-electron chi connectivity index (χ3n) is 2.32. The number of pyridine rings is 1. The molecule has 0 spiro atoms. The molecule has 0 bridgehead atoms. The van der Waals surface area contributed by atoms with Gasteiger partial charge in [0.2, 0.25) is 0 Å². The fourth-order valence-corrected chi connectivity index (χ4v) is 1.60.